The van der Waals surface area contributed by atoms with E-state index < -0.39 is 0 Å². The first-order chi connectivity index (χ1) is 11.7. The number of nitrogens with one attached hydrogen (secondary N) is 2. The lowest BCUT2D eigenvalue weighted by atomic mass is 9.97. The number of aliphatic imine (C=N–C) groups is 1. The van der Waals surface area contributed by atoms with Crippen molar-refractivity contribution in [1.29, 1.82) is 0 Å². The summed E-state index contributed by atoms with van der Waals surface area (Å²) in [6.45, 7) is 11.3. The molecule has 2 atom stereocenters. The van der Waals surface area contributed by atoms with Crippen molar-refractivity contribution in [2.45, 2.75) is 51.7 Å². The van der Waals surface area contributed by atoms with Crippen LogP contribution in [0.5, 0.6) is 0 Å². The molecule has 2 saturated heterocycles. The Morgan fingerprint density at radius 2 is 2.16 bits per heavy atom. The third kappa shape index (κ3) is 8.88. The summed E-state index contributed by atoms with van der Waals surface area (Å²) < 4.78 is 11.1. The number of guanidine groups is 1. The highest BCUT2D eigenvalue weighted by Gasteiger charge is 2.21. The van der Waals surface area contributed by atoms with Gasteiger partial charge in [-0.15, -0.1) is 24.0 Å². The summed E-state index contributed by atoms with van der Waals surface area (Å²) >= 11 is 0. The van der Waals surface area contributed by atoms with Gasteiger partial charge in [0.2, 0.25) is 0 Å². The van der Waals surface area contributed by atoms with Crippen LogP contribution in [0, 0.1) is 5.92 Å². The molecule has 2 rings (SSSR count). The van der Waals surface area contributed by atoms with Gasteiger partial charge in [0.1, 0.15) is 0 Å². The quantitative estimate of drug-likeness (QED) is 0.247. The highest BCUT2D eigenvalue weighted by atomic mass is 127. The highest BCUT2D eigenvalue weighted by Crippen LogP contribution is 2.17. The molecule has 2 aliphatic heterocycles. The first-order valence-corrected chi connectivity index (χ1v) is 9.57. The SMILES string of the molecule is CN=C(NCCCOC1CCOC1)NCC1CCCN(C(C)C)C1.I. The Balaban J connectivity index is 0.00000312. The van der Waals surface area contributed by atoms with Gasteiger partial charge in [-0.3, -0.25) is 4.99 Å². The number of likely N-dealkylation sites (tertiary alicyclic amines) is 1. The Hall–Kier alpha value is -0.120. The predicted molar refractivity (Wildman–Crippen MR) is 114 cm³/mol. The maximum atomic E-state index is 5.78. The molecule has 2 heterocycles. The van der Waals surface area contributed by atoms with Crippen molar-refractivity contribution in [3.8, 4) is 0 Å². The zero-order chi connectivity index (χ0) is 17.2. The molecular formula is C18H37IN4O2. The number of rotatable bonds is 8. The Morgan fingerprint density at radius 1 is 1.32 bits per heavy atom. The van der Waals surface area contributed by atoms with Gasteiger partial charge in [0.15, 0.2) is 5.96 Å². The van der Waals surface area contributed by atoms with Crippen molar-refractivity contribution in [2.75, 3.05) is 53.0 Å². The van der Waals surface area contributed by atoms with Crippen molar-refractivity contribution in [3.05, 3.63) is 0 Å². The highest BCUT2D eigenvalue weighted by molar-refractivity contribution is 14.0. The molecule has 6 nitrogen and oxygen atoms in total. The van der Waals surface area contributed by atoms with Crippen molar-refractivity contribution < 1.29 is 9.47 Å². The second-order valence-corrected chi connectivity index (χ2v) is 7.19. The Kier molecular flexibility index (Phi) is 12.0. The molecule has 2 N–H and O–H groups in total. The molecule has 7 heteroatoms. The molecule has 0 aliphatic carbocycles. The van der Waals surface area contributed by atoms with E-state index >= 15 is 0 Å². The number of ether oxygens (including phenoxy) is 2. The number of nitrogens with zero attached hydrogens (tertiary/aromatic N) is 2. The van der Waals surface area contributed by atoms with Gasteiger partial charge in [0.25, 0.3) is 0 Å². The monoisotopic (exact) mass is 468 g/mol. The normalized spacial score (nSPS) is 25.0. The van der Waals surface area contributed by atoms with Crippen molar-refractivity contribution in [2.24, 2.45) is 10.9 Å². The minimum absolute atomic E-state index is 0. The lowest BCUT2D eigenvalue weighted by molar-refractivity contribution is 0.0420. The Bertz CT molecular complexity index is 376. The first-order valence-electron chi connectivity index (χ1n) is 9.57. The smallest absolute Gasteiger partial charge is 0.190 e. The molecular weight excluding hydrogens is 431 g/mol. The summed E-state index contributed by atoms with van der Waals surface area (Å²) in [5.74, 6) is 1.62. The zero-order valence-corrected chi connectivity index (χ0v) is 18.5. The molecule has 0 aromatic rings. The average Bonchev–Trinajstić information content (AvgIpc) is 3.11. The van der Waals surface area contributed by atoms with E-state index in [1.165, 1.54) is 25.9 Å². The van der Waals surface area contributed by atoms with Crippen LogP contribution in [0.3, 0.4) is 0 Å². The zero-order valence-electron chi connectivity index (χ0n) is 16.1. The Labute approximate surface area is 170 Å². The maximum Gasteiger partial charge on any atom is 0.190 e. The molecule has 0 aromatic heterocycles. The van der Waals surface area contributed by atoms with Crippen molar-refractivity contribution in [1.82, 2.24) is 15.5 Å². The molecule has 0 bridgehead atoms. The van der Waals surface area contributed by atoms with E-state index in [0.29, 0.717) is 18.1 Å². The van der Waals surface area contributed by atoms with Crippen molar-refractivity contribution in [3.63, 3.8) is 0 Å². The van der Waals surface area contributed by atoms with Gasteiger partial charge in [-0.05, 0) is 52.0 Å². The van der Waals surface area contributed by atoms with Gasteiger partial charge < -0.3 is 25.0 Å². The average molecular weight is 468 g/mol. The summed E-state index contributed by atoms with van der Waals surface area (Å²) in [4.78, 5) is 6.90. The van der Waals surface area contributed by atoms with Crippen LogP contribution in [0.1, 0.15) is 39.5 Å². The molecule has 0 saturated carbocycles. The topological polar surface area (TPSA) is 58.1 Å². The molecule has 0 amide bonds. The van der Waals surface area contributed by atoms with Gasteiger partial charge in [-0.2, -0.15) is 0 Å². The number of hydrogen-bond donors (Lipinski definition) is 2. The minimum atomic E-state index is 0. The standard InChI is InChI=1S/C18H36N4O2.HI/c1-15(2)22-9-4-6-16(13-22)12-21-18(19-3)20-8-5-10-24-17-7-11-23-14-17;/h15-17H,4-14H2,1-3H3,(H2,19,20,21);1H. The second-order valence-electron chi connectivity index (χ2n) is 7.19. The van der Waals surface area contributed by atoms with Crippen LogP contribution in [0.2, 0.25) is 0 Å². The largest absolute Gasteiger partial charge is 0.379 e. The van der Waals surface area contributed by atoms with Crippen LogP contribution < -0.4 is 10.6 Å². The number of halogens is 1. The fourth-order valence-electron chi connectivity index (χ4n) is 3.37. The van der Waals surface area contributed by atoms with E-state index in [2.05, 4.69) is 34.4 Å². The van der Waals surface area contributed by atoms with Gasteiger partial charge in [0.05, 0.1) is 12.7 Å². The third-order valence-electron chi connectivity index (χ3n) is 4.92. The van der Waals surface area contributed by atoms with E-state index in [9.17, 15) is 0 Å². The van der Waals surface area contributed by atoms with Crippen LogP contribution >= 0.6 is 24.0 Å². The summed E-state index contributed by atoms with van der Waals surface area (Å²) in [5.41, 5.74) is 0. The second kappa shape index (κ2) is 13.1. The van der Waals surface area contributed by atoms with E-state index in [0.717, 1.165) is 51.7 Å². The molecule has 148 valence electrons. The Morgan fingerprint density at radius 3 is 2.84 bits per heavy atom. The summed E-state index contributed by atoms with van der Waals surface area (Å²) in [7, 11) is 1.84. The lowest BCUT2D eigenvalue weighted by Gasteiger charge is -2.35. The van der Waals surface area contributed by atoms with Crippen LogP contribution in [-0.4, -0.2) is 76.1 Å². The minimum Gasteiger partial charge on any atom is -0.379 e. The van der Waals surface area contributed by atoms with Gasteiger partial charge in [0, 0.05) is 45.9 Å². The van der Waals surface area contributed by atoms with Crippen LogP contribution in [0.4, 0.5) is 0 Å². The van der Waals surface area contributed by atoms with Gasteiger partial charge in [-0.25, -0.2) is 0 Å². The maximum absolute atomic E-state index is 5.78. The first kappa shape index (κ1) is 22.9. The molecule has 2 unspecified atom stereocenters. The molecule has 2 aliphatic rings. The van der Waals surface area contributed by atoms with E-state index in [4.69, 9.17) is 9.47 Å². The molecule has 25 heavy (non-hydrogen) atoms. The fraction of sp³-hybridized carbons (Fsp3) is 0.944. The number of piperidine rings is 1. The fourth-order valence-corrected chi connectivity index (χ4v) is 3.37. The van der Waals surface area contributed by atoms with E-state index in [-0.39, 0.29) is 24.0 Å². The van der Waals surface area contributed by atoms with Crippen molar-refractivity contribution >= 4 is 29.9 Å². The summed E-state index contributed by atoms with van der Waals surface area (Å²) in [6, 6.07) is 0.649. The third-order valence-corrected chi connectivity index (χ3v) is 4.92. The predicted octanol–water partition coefficient (Wildman–Crippen LogP) is 2.09. The lowest BCUT2D eigenvalue weighted by Crippen LogP contribution is -2.46. The molecule has 2 fully saturated rings. The molecule has 0 aromatic carbocycles. The summed E-state index contributed by atoms with van der Waals surface area (Å²) in [6.07, 6.45) is 4.94. The van der Waals surface area contributed by atoms with Crippen LogP contribution in [0.15, 0.2) is 4.99 Å². The van der Waals surface area contributed by atoms with Crippen LogP contribution in [-0.2, 0) is 9.47 Å². The van der Waals surface area contributed by atoms with Crippen LogP contribution in [0.25, 0.3) is 0 Å². The van der Waals surface area contributed by atoms with Gasteiger partial charge >= 0.3 is 0 Å². The number of hydrogen-bond acceptors (Lipinski definition) is 4. The summed E-state index contributed by atoms with van der Waals surface area (Å²) in [5, 5.41) is 6.86. The van der Waals surface area contributed by atoms with E-state index in [1.807, 2.05) is 7.05 Å². The molecule has 0 radical (unpaired) electrons. The molecule has 0 spiro atoms. The van der Waals surface area contributed by atoms with E-state index in [1.54, 1.807) is 0 Å². The van der Waals surface area contributed by atoms with Gasteiger partial charge in [-0.1, -0.05) is 0 Å².